The van der Waals surface area contributed by atoms with E-state index in [9.17, 15) is 0 Å². The number of nitrogens with two attached hydrogens (primary N) is 1. The molecule has 0 aliphatic carbocycles. The first kappa shape index (κ1) is 13.2. The molecule has 6 heteroatoms. The number of rotatable bonds is 2. The highest BCUT2D eigenvalue weighted by Crippen LogP contribution is 2.42. The number of ether oxygens (including phenoxy) is 3. The highest BCUT2D eigenvalue weighted by molar-refractivity contribution is 6.42. The number of anilines is 1. The molecule has 0 saturated heterocycles. The molecular formula is C14H11Cl2NO3. The van der Waals surface area contributed by atoms with E-state index in [1.807, 2.05) is 0 Å². The van der Waals surface area contributed by atoms with Gasteiger partial charge in [-0.1, -0.05) is 29.3 Å². The molecule has 104 valence electrons. The first-order chi connectivity index (χ1) is 9.65. The van der Waals surface area contributed by atoms with E-state index >= 15 is 0 Å². The topological polar surface area (TPSA) is 53.7 Å². The van der Waals surface area contributed by atoms with Crippen LogP contribution in [0.1, 0.15) is 0 Å². The standard InChI is InChI=1S/C14H11Cl2NO3/c15-8-2-1-3-10(14(8)16)20-11-7-13-12(6-9(11)17)18-4-5-19-13/h1-3,6-7H,4-5,17H2. The molecule has 1 aliphatic rings. The molecule has 2 aromatic rings. The zero-order valence-electron chi connectivity index (χ0n) is 10.4. The molecule has 20 heavy (non-hydrogen) atoms. The van der Waals surface area contributed by atoms with Gasteiger partial charge in [-0.25, -0.2) is 0 Å². The zero-order chi connectivity index (χ0) is 14.1. The van der Waals surface area contributed by atoms with Crippen molar-refractivity contribution < 1.29 is 14.2 Å². The number of halogens is 2. The lowest BCUT2D eigenvalue weighted by atomic mass is 10.2. The van der Waals surface area contributed by atoms with Crippen molar-refractivity contribution in [3.63, 3.8) is 0 Å². The molecule has 0 bridgehead atoms. The summed E-state index contributed by atoms with van der Waals surface area (Å²) < 4.78 is 16.6. The molecule has 0 fully saturated rings. The fourth-order valence-electron chi connectivity index (χ4n) is 1.86. The summed E-state index contributed by atoms with van der Waals surface area (Å²) in [5.74, 6) is 2.08. The van der Waals surface area contributed by atoms with E-state index in [4.69, 9.17) is 43.1 Å². The summed E-state index contributed by atoms with van der Waals surface area (Å²) in [4.78, 5) is 0. The molecule has 0 spiro atoms. The van der Waals surface area contributed by atoms with Crippen molar-refractivity contribution >= 4 is 28.9 Å². The van der Waals surface area contributed by atoms with Gasteiger partial charge in [0.05, 0.1) is 10.7 Å². The summed E-state index contributed by atoms with van der Waals surface area (Å²) >= 11 is 12.0. The Kier molecular flexibility index (Phi) is 3.51. The van der Waals surface area contributed by atoms with Gasteiger partial charge in [-0.05, 0) is 12.1 Å². The van der Waals surface area contributed by atoms with Crippen LogP contribution in [0.25, 0.3) is 0 Å². The van der Waals surface area contributed by atoms with Gasteiger partial charge in [-0.15, -0.1) is 0 Å². The fraction of sp³-hybridized carbons (Fsp3) is 0.143. The van der Waals surface area contributed by atoms with Crippen LogP contribution in [0.2, 0.25) is 10.0 Å². The monoisotopic (exact) mass is 311 g/mol. The van der Waals surface area contributed by atoms with E-state index in [2.05, 4.69) is 0 Å². The third-order valence-electron chi connectivity index (χ3n) is 2.81. The Hall–Kier alpha value is -1.78. The van der Waals surface area contributed by atoms with Crippen molar-refractivity contribution in [2.24, 2.45) is 0 Å². The Morgan fingerprint density at radius 3 is 2.45 bits per heavy atom. The van der Waals surface area contributed by atoms with Crippen molar-refractivity contribution in [2.45, 2.75) is 0 Å². The number of hydrogen-bond donors (Lipinski definition) is 1. The Morgan fingerprint density at radius 2 is 1.70 bits per heavy atom. The number of fused-ring (bicyclic) bond motifs is 1. The van der Waals surface area contributed by atoms with Crippen molar-refractivity contribution in [2.75, 3.05) is 18.9 Å². The summed E-state index contributed by atoms with van der Waals surface area (Å²) in [6.45, 7) is 1.00. The molecule has 3 rings (SSSR count). The maximum absolute atomic E-state index is 6.09. The van der Waals surface area contributed by atoms with Gasteiger partial charge in [0.15, 0.2) is 17.2 Å². The predicted molar refractivity (Wildman–Crippen MR) is 78.4 cm³/mol. The maximum atomic E-state index is 6.09. The van der Waals surface area contributed by atoms with Gasteiger partial charge in [0.2, 0.25) is 0 Å². The lowest BCUT2D eigenvalue weighted by Crippen LogP contribution is -2.15. The molecule has 0 aromatic heterocycles. The van der Waals surface area contributed by atoms with Gasteiger partial charge in [0.25, 0.3) is 0 Å². The lowest BCUT2D eigenvalue weighted by Gasteiger charge is -2.20. The van der Waals surface area contributed by atoms with Crippen LogP contribution in [0.5, 0.6) is 23.0 Å². The lowest BCUT2D eigenvalue weighted by molar-refractivity contribution is 0.171. The SMILES string of the molecule is Nc1cc2c(cc1Oc1cccc(Cl)c1Cl)OCCO2. The first-order valence-corrected chi connectivity index (χ1v) is 6.72. The van der Waals surface area contributed by atoms with Gasteiger partial charge in [0.1, 0.15) is 24.0 Å². The molecule has 0 saturated carbocycles. The molecule has 0 unspecified atom stereocenters. The Balaban J connectivity index is 1.96. The van der Waals surface area contributed by atoms with Crippen LogP contribution in [0.15, 0.2) is 30.3 Å². The molecule has 1 aliphatic heterocycles. The normalized spacial score (nSPS) is 13.1. The summed E-state index contributed by atoms with van der Waals surface area (Å²) in [5, 5.41) is 0.753. The Bertz CT molecular complexity index is 661. The van der Waals surface area contributed by atoms with Crippen LogP contribution in [-0.2, 0) is 0 Å². The van der Waals surface area contributed by atoms with Crippen LogP contribution in [0.3, 0.4) is 0 Å². The second-order valence-corrected chi connectivity index (χ2v) is 4.97. The molecule has 4 nitrogen and oxygen atoms in total. The van der Waals surface area contributed by atoms with Crippen LogP contribution >= 0.6 is 23.2 Å². The minimum absolute atomic E-state index is 0.337. The molecule has 0 radical (unpaired) electrons. The van der Waals surface area contributed by atoms with Crippen LogP contribution in [-0.4, -0.2) is 13.2 Å². The van der Waals surface area contributed by atoms with Gasteiger partial charge >= 0.3 is 0 Å². The molecule has 0 amide bonds. The number of benzene rings is 2. The van der Waals surface area contributed by atoms with Gasteiger partial charge < -0.3 is 19.9 Å². The third-order valence-corrected chi connectivity index (χ3v) is 3.61. The second kappa shape index (κ2) is 5.31. The summed E-state index contributed by atoms with van der Waals surface area (Å²) in [5.41, 5.74) is 6.38. The summed E-state index contributed by atoms with van der Waals surface area (Å²) in [6.07, 6.45) is 0. The summed E-state index contributed by atoms with van der Waals surface area (Å²) in [7, 11) is 0. The quantitative estimate of drug-likeness (QED) is 0.847. The first-order valence-electron chi connectivity index (χ1n) is 5.96. The second-order valence-electron chi connectivity index (χ2n) is 4.19. The van der Waals surface area contributed by atoms with Crippen LogP contribution in [0.4, 0.5) is 5.69 Å². The highest BCUT2D eigenvalue weighted by Gasteiger charge is 2.17. The maximum Gasteiger partial charge on any atom is 0.165 e. The van der Waals surface area contributed by atoms with Gasteiger partial charge in [0, 0.05) is 12.1 Å². The summed E-state index contributed by atoms with van der Waals surface area (Å²) in [6, 6.07) is 8.50. The van der Waals surface area contributed by atoms with Crippen molar-refractivity contribution in [3.05, 3.63) is 40.4 Å². The molecule has 2 N–H and O–H groups in total. The van der Waals surface area contributed by atoms with E-state index < -0.39 is 0 Å². The van der Waals surface area contributed by atoms with Gasteiger partial charge in [-0.3, -0.25) is 0 Å². The smallest absolute Gasteiger partial charge is 0.165 e. The van der Waals surface area contributed by atoms with Crippen molar-refractivity contribution in [3.8, 4) is 23.0 Å². The predicted octanol–water partition coefficient (Wildman–Crippen LogP) is 4.14. The third kappa shape index (κ3) is 2.44. The average molecular weight is 312 g/mol. The molecule has 0 atom stereocenters. The van der Waals surface area contributed by atoms with Crippen LogP contribution < -0.4 is 19.9 Å². The number of hydrogen-bond acceptors (Lipinski definition) is 4. The van der Waals surface area contributed by atoms with E-state index in [1.165, 1.54) is 0 Å². The van der Waals surface area contributed by atoms with Crippen molar-refractivity contribution in [1.82, 2.24) is 0 Å². The Morgan fingerprint density at radius 1 is 1.00 bits per heavy atom. The number of nitrogen functional groups attached to an aromatic ring is 1. The Labute approximate surface area is 125 Å². The highest BCUT2D eigenvalue weighted by atomic mass is 35.5. The average Bonchev–Trinajstić information content (AvgIpc) is 2.44. The largest absolute Gasteiger partial charge is 0.486 e. The molecule has 2 aromatic carbocycles. The van der Waals surface area contributed by atoms with E-state index in [0.717, 1.165) is 0 Å². The van der Waals surface area contributed by atoms with E-state index in [0.29, 0.717) is 51.9 Å². The van der Waals surface area contributed by atoms with E-state index in [1.54, 1.807) is 30.3 Å². The molecule has 1 heterocycles. The fourth-order valence-corrected chi connectivity index (χ4v) is 2.19. The molecular weight excluding hydrogens is 301 g/mol. The van der Waals surface area contributed by atoms with Gasteiger partial charge in [-0.2, -0.15) is 0 Å². The van der Waals surface area contributed by atoms with Crippen molar-refractivity contribution in [1.29, 1.82) is 0 Å². The minimum atomic E-state index is 0.337. The van der Waals surface area contributed by atoms with E-state index in [-0.39, 0.29) is 0 Å². The zero-order valence-corrected chi connectivity index (χ0v) is 11.9. The minimum Gasteiger partial charge on any atom is -0.486 e. The van der Waals surface area contributed by atoms with Crippen LogP contribution in [0, 0.1) is 0 Å².